The van der Waals surface area contributed by atoms with Crippen LogP contribution in [0.5, 0.6) is 5.75 Å². The minimum atomic E-state index is -0.704. The van der Waals surface area contributed by atoms with Gasteiger partial charge < -0.3 is 49.2 Å². The Morgan fingerprint density at radius 1 is 0.733 bits per heavy atom. The fraction of sp³-hybridized carbons (Fsp3) is 0.455. The number of aromatic nitrogens is 5. The third kappa shape index (κ3) is 7.66. The lowest BCUT2D eigenvalue weighted by molar-refractivity contribution is -0.136. The predicted octanol–water partition coefficient (Wildman–Crippen LogP) is 6.57. The number of H-pyrrole nitrogens is 2. The highest BCUT2D eigenvalue weighted by Gasteiger charge is 2.39. The molecule has 6 heterocycles. The molecule has 2 aromatic carbocycles. The lowest BCUT2D eigenvalue weighted by Gasteiger charge is -2.30. The fourth-order valence-electron chi connectivity index (χ4n) is 8.86. The Kier molecular flexibility index (Phi) is 11.3. The van der Waals surface area contributed by atoms with Crippen LogP contribution in [0.15, 0.2) is 54.9 Å². The van der Waals surface area contributed by atoms with Crippen molar-refractivity contribution in [2.45, 2.75) is 84.1 Å². The molecule has 2 saturated heterocycles. The van der Waals surface area contributed by atoms with Gasteiger partial charge in [-0.05, 0) is 67.9 Å². The number of alkyl carbamates (subject to hydrolysis) is 2. The summed E-state index contributed by atoms with van der Waals surface area (Å²) in [6, 6.07) is 12.9. The molecule has 4 amide bonds. The van der Waals surface area contributed by atoms with Crippen molar-refractivity contribution in [3.63, 3.8) is 0 Å². The molecule has 0 bridgehead atoms. The number of carbonyl (C=O) groups excluding carboxylic acids is 4. The topological polar surface area (TPSA) is 189 Å². The number of nitrogens with zero attached hydrogens (tertiary/aromatic N) is 5. The van der Waals surface area contributed by atoms with Gasteiger partial charge in [0.15, 0.2) is 0 Å². The van der Waals surface area contributed by atoms with E-state index in [-0.39, 0.29) is 35.7 Å². The summed E-state index contributed by atoms with van der Waals surface area (Å²) >= 11 is 0. The lowest BCUT2D eigenvalue weighted by Crippen LogP contribution is -2.51. The van der Waals surface area contributed by atoms with Crippen molar-refractivity contribution in [2.75, 3.05) is 33.9 Å². The summed E-state index contributed by atoms with van der Waals surface area (Å²) in [6.07, 6.45) is 5.57. The normalized spacial score (nSPS) is 18.5. The van der Waals surface area contributed by atoms with Crippen LogP contribution in [0.25, 0.3) is 44.7 Å². The van der Waals surface area contributed by atoms with E-state index in [1.54, 1.807) is 6.20 Å². The fourth-order valence-corrected chi connectivity index (χ4v) is 8.86. The summed E-state index contributed by atoms with van der Waals surface area (Å²) in [6.45, 7) is 9.94. The van der Waals surface area contributed by atoms with Gasteiger partial charge >= 0.3 is 12.2 Å². The quantitative estimate of drug-likeness (QED) is 0.121. The van der Waals surface area contributed by atoms with Crippen LogP contribution in [-0.4, -0.2) is 104 Å². The third-order valence-corrected chi connectivity index (χ3v) is 12.0. The second-order valence-corrected chi connectivity index (χ2v) is 16.5. The first-order chi connectivity index (χ1) is 28.9. The number of amides is 4. The number of aromatic amines is 2. The highest BCUT2D eigenvalue weighted by atomic mass is 16.5. The first kappa shape index (κ1) is 40.5. The second-order valence-electron chi connectivity index (χ2n) is 16.5. The van der Waals surface area contributed by atoms with E-state index in [9.17, 15) is 19.2 Å². The maximum absolute atomic E-state index is 13.7. The molecule has 3 aliphatic heterocycles. The molecule has 0 radical (unpaired) electrons. The van der Waals surface area contributed by atoms with Gasteiger partial charge in [-0.15, -0.1) is 0 Å². The SMILES string of the molecule is COC(=O)NC(C(=O)N1CCC[C@H]1c1ncc(-c2ccc3c(c2)cc2n3CCOc3cc(-c4cnc(C5CCCN5C(=O)[C@@H](NC(=O)OC)C(C)C)[nH]4)ccc3-2)[nH]1)C(C)C. The maximum Gasteiger partial charge on any atom is 0.407 e. The molecule has 3 aromatic heterocycles. The number of likely N-dealkylation sites (tertiary alicyclic amines) is 2. The minimum absolute atomic E-state index is 0.115. The molecule has 8 rings (SSSR count). The lowest BCUT2D eigenvalue weighted by atomic mass is 10.0. The number of nitrogens with one attached hydrogen (secondary N) is 4. The van der Waals surface area contributed by atoms with E-state index in [1.807, 2.05) is 49.8 Å². The molecule has 4 atom stereocenters. The van der Waals surface area contributed by atoms with Gasteiger partial charge in [0.25, 0.3) is 0 Å². The number of hydrogen-bond acceptors (Lipinski definition) is 9. The molecule has 5 aromatic rings. The van der Waals surface area contributed by atoms with Gasteiger partial charge in [0.1, 0.15) is 36.1 Å². The van der Waals surface area contributed by atoms with Crippen LogP contribution in [-0.2, 0) is 25.6 Å². The van der Waals surface area contributed by atoms with Crippen molar-refractivity contribution >= 4 is 34.9 Å². The van der Waals surface area contributed by atoms with E-state index in [0.717, 1.165) is 81.9 Å². The Labute approximate surface area is 348 Å². The van der Waals surface area contributed by atoms with Crippen LogP contribution in [0.1, 0.15) is 77.1 Å². The second kappa shape index (κ2) is 16.7. The number of fused-ring (bicyclic) bond motifs is 5. The smallest absolute Gasteiger partial charge is 0.407 e. The van der Waals surface area contributed by atoms with Crippen molar-refractivity contribution < 1.29 is 33.4 Å². The van der Waals surface area contributed by atoms with Gasteiger partial charge in [0.2, 0.25) is 11.8 Å². The van der Waals surface area contributed by atoms with Crippen LogP contribution in [0.2, 0.25) is 0 Å². The molecule has 0 aliphatic carbocycles. The molecule has 3 aliphatic rings. The Morgan fingerprint density at radius 3 is 1.80 bits per heavy atom. The summed E-state index contributed by atoms with van der Waals surface area (Å²) in [7, 11) is 2.58. The first-order valence-corrected chi connectivity index (χ1v) is 20.8. The Balaban J connectivity index is 1.01. The Bertz CT molecular complexity index is 2410. The number of ether oxygens (including phenoxy) is 3. The summed E-state index contributed by atoms with van der Waals surface area (Å²) in [5.74, 6) is 1.67. The van der Waals surface area contributed by atoms with Gasteiger partial charge in [-0.25, -0.2) is 19.6 Å². The Hall–Kier alpha value is -6.32. The van der Waals surface area contributed by atoms with Crippen molar-refractivity contribution in [1.29, 1.82) is 0 Å². The van der Waals surface area contributed by atoms with Crippen LogP contribution < -0.4 is 15.4 Å². The standard InChI is InChI=1S/C44H53N9O7/c1-24(2)37(49-43(56)58-5)41(54)52-15-7-9-33(52)39-45-22-30(47-39)26-12-14-32-28(19-26)20-35-29-13-11-27(21-36(29)60-18-17-51(32)35)31-23-46-40(48-31)34-10-8-16-53(34)42(55)38(25(3)4)50-44(57)59-6/h11-14,19-25,33-34,37-38H,7-10,15-18H2,1-6H3,(H,45,47)(H,46,48)(H,49,56)(H,50,57)/t33-,34?,37?,38-/m0/s1. The van der Waals surface area contributed by atoms with Gasteiger partial charge in [-0.3, -0.25) is 9.59 Å². The minimum Gasteiger partial charge on any atom is -0.491 e. The van der Waals surface area contributed by atoms with E-state index in [2.05, 4.69) is 61.6 Å². The molecule has 60 heavy (non-hydrogen) atoms. The zero-order valence-electron chi connectivity index (χ0n) is 34.9. The first-order valence-electron chi connectivity index (χ1n) is 20.8. The molecule has 0 saturated carbocycles. The average molecular weight is 820 g/mol. The van der Waals surface area contributed by atoms with E-state index in [4.69, 9.17) is 24.2 Å². The number of hydrogen-bond donors (Lipinski definition) is 4. The Morgan fingerprint density at radius 2 is 1.27 bits per heavy atom. The van der Waals surface area contributed by atoms with Gasteiger partial charge in [-0.2, -0.15) is 0 Å². The number of rotatable bonds is 10. The zero-order valence-corrected chi connectivity index (χ0v) is 34.9. The monoisotopic (exact) mass is 819 g/mol. The van der Waals surface area contributed by atoms with E-state index >= 15 is 0 Å². The van der Waals surface area contributed by atoms with Gasteiger partial charge in [0, 0.05) is 40.7 Å². The average Bonchev–Trinajstić information content (AvgIpc) is 4.10. The number of imidazole rings is 2. The predicted molar refractivity (Wildman–Crippen MR) is 224 cm³/mol. The van der Waals surface area contributed by atoms with Crippen molar-refractivity contribution in [3.8, 4) is 39.5 Å². The summed E-state index contributed by atoms with van der Waals surface area (Å²) < 4.78 is 18.2. The molecule has 2 unspecified atom stereocenters. The number of methoxy groups -OCH3 is 2. The number of benzene rings is 2. The van der Waals surface area contributed by atoms with Crippen LogP contribution in [0.3, 0.4) is 0 Å². The zero-order chi connectivity index (χ0) is 42.2. The molecule has 16 nitrogen and oxygen atoms in total. The van der Waals surface area contributed by atoms with E-state index < -0.39 is 24.3 Å². The highest BCUT2D eigenvalue weighted by Crippen LogP contribution is 2.41. The molecule has 4 N–H and O–H groups in total. The van der Waals surface area contributed by atoms with Crippen molar-refractivity contribution in [1.82, 2.24) is 44.9 Å². The number of carbonyl (C=O) groups is 4. The van der Waals surface area contributed by atoms with Crippen LogP contribution in [0.4, 0.5) is 9.59 Å². The highest BCUT2D eigenvalue weighted by molar-refractivity contribution is 5.92. The molecular weight excluding hydrogens is 767 g/mol. The maximum atomic E-state index is 13.7. The summed E-state index contributed by atoms with van der Waals surface area (Å²) in [4.78, 5) is 71.5. The molecule has 2 fully saturated rings. The molecule has 316 valence electrons. The van der Waals surface area contributed by atoms with E-state index in [1.165, 1.54) is 14.2 Å². The summed E-state index contributed by atoms with van der Waals surface area (Å²) in [5, 5.41) is 6.50. The molecule has 0 spiro atoms. The molecule has 16 heteroatoms. The van der Waals surface area contributed by atoms with Crippen LogP contribution >= 0.6 is 0 Å². The van der Waals surface area contributed by atoms with Crippen molar-refractivity contribution in [3.05, 3.63) is 66.5 Å². The summed E-state index contributed by atoms with van der Waals surface area (Å²) in [5.41, 5.74) is 6.70. The molecular formula is C44H53N9O7. The van der Waals surface area contributed by atoms with Gasteiger partial charge in [-0.1, -0.05) is 39.8 Å². The largest absolute Gasteiger partial charge is 0.491 e. The van der Waals surface area contributed by atoms with E-state index in [0.29, 0.717) is 32.1 Å². The van der Waals surface area contributed by atoms with Gasteiger partial charge in [0.05, 0.1) is 62.3 Å². The van der Waals surface area contributed by atoms with Crippen LogP contribution in [0, 0.1) is 11.8 Å². The third-order valence-electron chi connectivity index (χ3n) is 12.0. The van der Waals surface area contributed by atoms with Crippen molar-refractivity contribution in [2.24, 2.45) is 11.8 Å².